The Balaban J connectivity index is 2.64. The summed E-state index contributed by atoms with van der Waals surface area (Å²) >= 11 is 0. The zero-order valence-corrected chi connectivity index (χ0v) is 10.5. The van der Waals surface area contributed by atoms with Gasteiger partial charge in [-0.2, -0.15) is 0 Å². The lowest BCUT2D eigenvalue weighted by Gasteiger charge is -2.14. The molecule has 1 aromatic heterocycles. The molecule has 0 radical (unpaired) electrons. The number of urea groups is 1. The van der Waals surface area contributed by atoms with Crippen molar-refractivity contribution in [1.82, 2.24) is 10.3 Å². The quantitative estimate of drug-likeness (QED) is 0.826. The molecule has 0 bridgehead atoms. The first-order valence-corrected chi connectivity index (χ1v) is 5.82. The number of hydrogen-bond donors (Lipinski definition) is 2. The van der Waals surface area contributed by atoms with Gasteiger partial charge < -0.3 is 15.4 Å². The number of carbonyl (C=O) groups excluding carboxylic acids is 1. The number of nitrogens with zero attached hydrogens (tertiary/aromatic N) is 1. The van der Waals surface area contributed by atoms with E-state index in [-0.39, 0.29) is 12.1 Å². The van der Waals surface area contributed by atoms with Crippen molar-refractivity contribution < 1.29 is 9.53 Å². The third-order valence-electron chi connectivity index (χ3n) is 2.29. The second-order valence-electron chi connectivity index (χ2n) is 3.70. The van der Waals surface area contributed by atoms with Gasteiger partial charge in [-0.25, -0.2) is 9.78 Å². The summed E-state index contributed by atoms with van der Waals surface area (Å²) in [4.78, 5) is 15.7. The normalized spacial score (nSPS) is 11.7. The monoisotopic (exact) mass is 237 g/mol. The van der Waals surface area contributed by atoms with Crippen LogP contribution in [0, 0.1) is 0 Å². The van der Waals surface area contributed by atoms with Crippen LogP contribution in [0.15, 0.2) is 18.3 Å². The van der Waals surface area contributed by atoms with Gasteiger partial charge in [-0.1, -0.05) is 6.92 Å². The largest absolute Gasteiger partial charge is 0.476 e. The van der Waals surface area contributed by atoms with Crippen LogP contribution in [0.3, 0.4) is 0 Å². The van der Waals surface area contributed by atoms with Gasteiger partial charge in [0.25, 0.3) is 0 Å². The molecule has 0 saturated carbocycles. The van der Waals surface area contributed by atoms with E-state index in [9.17, 15) is 4.79 Å². The summed E-state index contributed by atoms with van der Waals surface area (Å²) in [5, 5.41) is 5.54. The van der Waals surface area contributed by atoms with Crippen molar-refractivity contribution in [2.45, 2.75) is 33.2 Å². The predicted molar refractivity (Wildman–Crippen MR) is 67.3 cm³/mol. The molecule has 0 aliphatic rings. The summed E-state index contributed by atoms with van der Waals surface area (Å²) in [6.45, 7) is 6.35. The Morgan fingerprint density at radius 3 is 2.94 bits per heavy atom. The number of hydrogen-bond acceptors (Lipinski definition) is 3. The Kier molecular flexibility index (Phi) is 5.26. The molecule has 0 aromatic carbocycles. The first-order valence-electron chi connectivity index (χ1n) is 5.82. The van der Waals surface area contributed by atoms with Gasteiger partial charge in [-0.05, 0) is 32.4 Å². The van der Waals surface area contributed by atoms with E-state index in [0.717, 1.165) is 6.42 Å². The lowest BCUT2D eigenvalue weighted by molar-refractivity contribution is 0.248. The Morgan fingerprint density at radius 1 is 1.53 bits per heavy atom. The van der Waals surface area contributed by atoms with Crippen LogP contribution in [0.2, 0.25) is 0 Å². The fourth-order valence-corrected chi connectivity index (χ4v) is 1.22. The fourth-order valence-electron chi connectivity index (χ4n) is 1.22. The molecule has 1 atom stereocenters. The summed E-state index contributed by atoms with van der Waals surface area (Å²) < 4.78 is 5.32. The topological polar surface area (TPSA) is 63.2 Å². The highest BCUT2D eigenvalue weighted by molar-refractivity contribution is 5.90. The number of aromatic nitrogens is 1. The molecule has 1 rings (SSSR count). The number of nitrogens with one attached hydrogen (secondary N) is 2. The minimum atomic E-state index is -0.242. The number of ether oxygens (including phenoxy) is 1. The van der Waals surface area contributed by atoms with Gasteiger partial charge in [0.2, 0.25) is 5.88 Å². The minimum Gasteiger partial charge on any atom is -0.476 e. The first-order chi connectivity index (χ1) is 8.17. The fraction of sp³-hybridized carbons (Fsp3) is 0.500. The lowest BCUT2D eigenvalue weighted by atomic mass is 10.3. The Labute approximate surface area is 102 Å². The second kappa shape index (κ2) is 6.73. The molecule has 0 spiro atoms. The van der Waals surface area contributed by atoms with Crippen molar-refractivity contribution >= 4 is 11.7 Å². The van der Waals surface area contributed by atoms with Crippen LogP contribution in [-0.2, 0) is 0 Å². The molecule has 0 aliphatic carbocycles. The number of carbonyl (C=O) groups is 1. The van der Waals surface area contributed by atoms with Gasteiger partial charge in [0.15, 0.2) is 0 Å². The van der Waals surface area contributed by atoms with Crippen molar-refractivity contribution in [2.24, 2.45) is 0 Å². The van der Waals surface area contributed by atoms with E-state index in [1.807, 2.05) is 20.8 Å². The standard InChI is InChI=1S/C12H19N3O2/c1-4-9(3)14-12(16)15-10-7-6-8-13-11(10)17-5-2/h6-9H,4-5H2,1-3H3,(H2,14,15,16). The Hall–Kier alpha value is -1.78. The molecule has 1 heterocycles. The number of anilines is 1. The summed E-state index contributed by atoms with van der Waals surface area (Å²) in [6.07, 6.45) is 2.52. The van der Waals surface area contributed by atoms with E-state index in [0.29, 0.717) is 18.2 Å². The number of amides is 2. The van der Waals surface area contributed by atoms with Crippen LogP contribution >= 0.6 is 0 Å². The van der Waals surface area contributed by atoms with Gasteiger partial charge in [-0.15, -0.1) is 0 Å². The van der Waals surface area contributed by atoms with Gasteiger partial charge in [0.1, 0.15) is 5.69 Å². The summed E-state index contributed by atoms with van der Waals surface area (Å²) in [6, 6.07) is 3.41. The van der Waals surface area contributed by atoms with Crippen molar-refractivity contribution in [3.8, 4) is 5.88 Å². The predicted octanol–water partition coefficient (Wildman–Crippen LogP) is 2.40. The molecule has 5 nitrogen and oxygen atoms in total. The molecule has 5 heteroatoms. The molecule has 2 amide bonds. The van der Waals surface area contributed by atoms with Crippen LogP contribution in [0.25, 0.3) is 0 Å². The van der Waals surface area contributed by atoms with Gasteiger partial charge in [0.05, 0.1) is 6.61 Å². The SMILES string of the molecule is CCOc1ncccc1NC(=O)NC(C)CC. The van der Waals surface area contributed by atoms with E-state index in [1.54, 1.807) is 18.3 Å². The number of rotatable bonds is 5. The maximum Gasteiger partial charge on any atom is 0.319 e. The highest BCUT2D eigenvalue weighted by atomic mass is 16.5. The molecule has 17 heavy (non-hydrogen) atoms. The van der Waals surface area contributed by atoms with Gasteiger partial charge in [0, 0.05) is 12.2 Å². The molecule has 1 unspecified atom stereocenters. The van der Waals surface area contributed by atoms with Crippen molar-refractivity contribution in [3.05, 3.63) is 18.3 Å². The van der Waals surface area contributed by atoms with E-state index in [4.69, 9.17) is 4.74 Å². The van der Waals surface area contributed by atoms with E-state index < -0.39 is 0 Å². The Morgan fingerprint density at radius 2 is 2.29 bits per heavy atom. The third kappa shape index (κ3) is 4.30. The minimum absolute atomic E-state index is 0.141. The molecule has 0 fully saturated rings. The first kappa shape index (κ1) is 13.3. The smallest absolute Gasteiger partial charge is 0.319 e. The summed E-state index contributed by atoms with van der Waals surface area (Å²) in [7, 11) is 0. The van der Waals surface area contributed by atoms with Crippen molar-refractivity contribution in [3.63, 3.8) is 0 Å². The van der Waals surface area contributed by atoms with E-state index in [1.165, 1.54) is 0 Å². The molecule has 2 N–H and O–H groups in total. The highest BCUT2D eigenvalue weighted by Crippen LogP contribution is 2.20. The van der Waals surface area contributed by atoms with Crippen molar-refractivity contribution in [1.29, 1.82) is 0 Å². The lowest BCUT2D eigenvalue weighted by Crippen LogP contribution is -2.35. The molecular weight excluding hydrogens is 218 g/mol. The Bertz CT molecular complexity index is 369. The van der Waals surface area contributed by atoms with Crippen LogP contribution < -0.4 is 15.4 Å². The zero-order valence-electron chi connectivity index (χ0n) is 10.5. The van der Waals surface area contributed by atoms with Crippen LogP contribution in [0.4, 0.5) is 10.5 Å². The molecule has 94 valence electrons. The zero-order chi connectivity index (χ0) is 12.7. The van der Waals surface area contributed by atoms with Crippen molar-refractivity contribution in [2.75, 3.05) is 11.9 Å². The molecular formula is C12H19N3O2. The van der Waals surface area contributed by atoms with Crippen LogP contribution in [-0.4, -0.2) is 23.7 Å². The van der Waals surface area contributed by atoms with Crippen LogP contribution in [0.1, 0.15) is 27.2 Å². The van der Waals surface area contributed by atoms with E-state index >= 15 is 0 Å². The molecule has 0 saturated heterocycles. The summed E-state index contributed by atoms with van der Waals surface area (Å²) in [5.74, 6) is 0.439. The third-order valence-corrected chi connectivity index (χ3v) is 2.29. The number of pyridine rings is 1. The van der Waals surface area contributed by atoms with Gasteiger partial charge >= 0.3 is 6.03 Å². The molecule has 0 aliphatic heterocycles. The average Bonchev–Trinajstić information content (AvgIpc) is 2.31. The average molecular weight is 237 g/mol. The van der Waals surface area contributed by atoms with Gasteiger partial charge in [-0.3, -0.25) is 0 Å². The second-order valence-corrected chi connectivity index (χ2v) is 3.70. The maximum absolute atomic E-state index is 11.6. The van der Waals surface area contributed by atoms with Crippen LogP contribution in [0.5, 0.6) is 5.88 Å². The highest BCUT2D eigenvalue weighted by Gasteiger charge is 2.09. The summed E-state index contributed by atoms with van der Waals surface area (Å²) in [5.41, 5.74) is 0.579. The van der Waals surface area contributed by atoms with E-state index in [2.05, 4.69) is 15.6 Å². The molecule has 1 aromatic rings. The maximum atomic E-state index is 11.6.